The molecule has 0 radical (unpaired) electrons. The SMILES string of the molecule is CCNc1ncn(Cc2ccc(OC)c(OC3CCCC3)c2)c2nc(CC(C)OCc3ccccc3)nc1-2.Cl. The topological polar surface area (TPSA) is 83.3 Å². The number of nitrogens with zero attached hydrogens (tertiary/aromatic N) is 4. The number of methoxy groups -OCH3 is 1. The Morgan fingerprint density at radius 1 is 1.03 bits per heavy atom. The van der Waals surface area contributed by atoms with Crippen LogP contribution in [-0.4, -0.2) is 45.4 Å². The first-order valence-corrected chi connectivity index (χ1v) is 13.6. The molecule has 8 nitrogen and oxygen atoms in total. The molecule has 2 aromatic carbocycles. The van der Waals surface area contributed by atoms with Crippen molar-refractivity contribution in [3.63, 3.8) is 0 Å². The van der Waals surface area contributed by atoms with E-state index >= 15 is 0 Å². The van der Waals surface area contributed by atoms with Crippen molar-refractivity contribution in [1.82, 2.24) is 19.5 Å². The van der Waals surface area contributed by atoms with Gasteiger partial charge in [-0.15, -0.1) is 12.4 Å². The predicted molar refractivity (Wildman–Crippen MR) is 155 cm³/mol. The van der Waals surface area contributed by atoms with E-state index in [0.717, 1.165) is 65.2 Å². The van der Waals surface area contributed by atoms with Crippen molar-refractivity contribution < 1.29 is 14.2 Å². The number of benzene rings is 2. The van der Waals surface area contributed by atoms with E-state index in [4.69, 9.17) is 24.2 Å². The van der Waals surface area contributed by atoms with Crippen molar-refractivity contribution in [2.45, 2.75) is 71.3 Å². The van der Waals surface area contributed by atoms with E-state index in [1.165, 1.54) is 12.8 Å². The number of rotatable bonds is 12. The Morgan fingerprint density at radius 2 is 1.82 bits per heavy atom. The molecule has 5 rings (SSSR count). The third-order valence-electron chi connectivity index (χ3n) is 6.88. The van der Waals surface area contributed by atoms with Crippen molar-refractivity contribution in [2.24, 2.45) is 0 Å². The van der Waals surface area contributed by atoms with E-state index in [1.807, 2.05) is 35.2 Å². The van der Waals surface area contributed by atoms with E-state index in [9.17, 15) is 0 Å². The van der Waals surface area contributed by atoms with Crippen LogP contribution in [0, 0.1) is 0 Å². The molecule has 9 heteroatoms. The third-order valence-corrected chi connectivity index (χ3v) is 6.88. The van der Waals surface area contributed by atoms with Gasteiger partial charge in [-0.05, 0) is 62.8 Å². The summed E-state index contributed by atoms with van der Waals surface area (Å²) in [4.78, 5) is 14.4. The molecule has 1 saturated carbocycles. The van der Waals surface area contributed by atoms with Crippen molar-refractivity contribution in [3.8, 4) is 23.0 Å². The minimum atomic E-state index is -0.0205. The first kappa shape index (κ1) is 28.6. The van der Waals surface area contributed by atoms with Crippen LogP contribution in [0.25, 0.3) is 11.5 Å². The van der Waals surface area contributed by atoms with Gasteiger partial charge in [-0.1, -0.05) is 36.4 Å². The number of nitrogens with one attached hydrogen (secondary N) is 1. The van der Waals surface area contributed by atoms with Gasteiger partial charge < -0.3 is 24.1 Å². The number of halogens is 1. The lowest BCUT2D eigenvalue weighted by molar-refractivity contribution is 0.0524. The van der Waals surface area contributed by atoms with Gasteiger partial charge in [-0.3, -0.25) is 0 Å². The average molecular weight is 552 g/mol. The fourth-order valence-corrected chi connectivity index (χ4v) is 4.91. The van der Waals surface area contributed by atoms with Gasteiger partial charge >= 0.3 is 0 Å². The highest BCUT2D eigenvalue weighted by Crippen LogP contribution is 2.33. The van der Waals surface area contributed by atoms with E-state index in [2.05, 4.69) is 48.4 Å². The number of hydrogen-bond donors (Lipinski definition) is 1. The maximum absolute atomic E-state index is 6.32. The number of anilines is 1. The predicted octanol–water partition coefficient (Wildman–Crippen LogP) is 6.16. The standard InChI is InChI=1S/C30H37N5O3.ClH/c1-4-31-29-28-30(34-27(33-28)16-21(2)37-19-22-10-6-5-7-11-22)35(20-32-29)18-23-14-15-25(36-3)26(17-23)38-24-12-8-9-13-24;/h5-7,10-11,14-15,17,20-21,24,31H,4,8-9,12-13,16,18-19H2,1-3H3;1H. The number of imidazole rings is 1. The van der Waals surface area contributed by atoms with Crippen molar-refractivity contribution in [3.05, 3.63) is 71.8 Å². The van der Waals surface area contributed by atoms with E-state index in [-0.39, 0.29) is 24.6 Å². The molecule has 1 N–H and O–H groups in total. The number of fused-ring (bicyclic) bond motifs is 1. The van der Waals surface area contributed by atoms with Crippen molar-refractivity contribution >= 4 is 18.2 Å². The number of ether oxygens (including phenoxy) is 3. The molecule has 0 aromatic heterocycles. The van der Waals surface area contributed by atoms with Crippen LogP contribution in [0.2, 0.25) is 0 Å². The second kappa shape index (κ2) is 13.6. The molecule has 2 aliphatic heterocycles. The van der Waals surface area contributed by atoms with Crippen LogP contribution >= 0.6 is 12.4 Å². The molecule has 0 amide bonds. The average Bonchev–Trinajstić information content (AvgIpc) is 3.60. The lowest BCUT2D eigenvalue weighted by Crippen LogP contribution is -2.13. The van der Waals surface area contributed by atoms with Gasteiger partial charge in [0.15, 0.2) is 28.8 Å². The normalized spacial score (nSPS) is 14.2. The Hall–Kier alpha value is -3.36. The minimum Gasteiger partial charge on any atom is -0.493 e. The van der Waals surface area contributed by atoms with Crippen LogP contribution in [0.1, 0.15) is 56.5 Å². The summed E-state index contributed by atoms with van der Waals surface area (Å²) in [6, 6.07) is 16.3. The van der Waals surface area contributed by atoms with Crippen molar-refractivity contribution in [1.29, 1.82) is 0 Å². The van der Waals surface area contributed by atoms with Gasteiger partial charge in [0.1, 0.15) is 5.82 Å². The zero-order valence-corrected chi connectivity index (χ0v) is 23.7. The summed E-state index contributed by atoms with van der Waals surface area (Å²) in [6.45, 7) is 6.03. The molecule has 2 heterocycles. The minimum absolute atomic E-state index is 0. The van der Waals surface area contributed by atoms with Crippen LogP contribution in [0.5, 0.6) is 11.5 Å². The Labute approximate surface area is 236 Å². The summed E-state index contributed by atoms with van der Waals surface area (Å²) < 4.78 is 20.0. The molecular formula is C30H38ClN5O3. The van der Waals surface area contributed by atoms with E-state index < -0.39 is 0 Å². The molecule has 1 aliphatic carbocycles. The summed E-state index contributed by atoms with van der Waals surface area (Å²) in [5, 5.41) is 3.32. The molecule has 3 aliphatic rings. The molecule has 1 fully saturated rings. The Bertz CT molecular complexity index is 1290. The quantitative estimate of drug-likeness (QED) is 0.226. The summed E-state index contributed by atoms with van der Waals surface area (Å²) >= 11 is 0. The maximum Gasteiger partial charge on any atom is 0.166 e. The molecule has 1 unspecified atom stereocenters. The largest absolute Gasteiger partial charge is 0.493 e. The lowest BCUT2D eigenvalue weighted by Gasteiger charge is -2.18. The zero-order valence-electron chi connectivity index (χ0n) is 22.9. The molecule has 39 heavy (non-hydrogen) atoms. The summed E-state index contributed by atoms with van der Waals surface area (Å²) in [5.41, 5.74) is 3.02. The van der Waals surface area contributed by atoms with Gasteiger partial charge in [-0.2, -0.15) is 0 Å². The lowest BCUT2D eigenvalue weighted by atomic mass is 10.2. The highest BCUT2D eigenvalue weighted by Gasteiger charge is 2.22. The van der Waals surface area contributed by atoms with Crippen molar-refractivity contribution in [2.75, 3.05) is 19.0 Å². The molecule has 0 saturated heterocycles. The van der Waals surface area contributed by atoms with Crippen LogP contribution in [0.4, 0.5) is 5.82 Å². The third kappa shape index (κ3) is 7.19. The summed E-state index contributed by atoms with van der Waals surface area (Å²) in [6.07, 6.45) is 7.32. The van der Waals surface area contributed by atoms with Crippen LogP contribution in [0.15, 0.2) is 54.9 Å². The van der Waals surface area contributed by atoms with Gasteiger partial charge in [0.25, 0.3) is 0 Å². The summed E-state index contributed by atoms with van der Waals surface area (Å²) in [5.74, 6) is 3.85. The van der Waals surface area contributed by atoms with E-state index in [0.29, 0.717) is 19.6 Å². The number of aromatic nitrogens is 4. The second-order valence-electron chi connectivity index (χ2n) is 9.88. The van der Waals surface area contributed by atoms with Crippen LogP contribution in [0.3, 0.4) is 0 Å². The number of hydrogen-bond acceptors (Lipinski definition) is 7. The fraction of sp³-hybridized carbons (Fsp3) is 0.433. The molecular weight excluding hydrogens is 514 g/mol. The van der Waals surface area contributed by atoms with Crippen LogP contribution < -0.4 is 14.8 Å². The monoisotopic (exact) mass is 551 g/mol. The molecule has 1 atom stereocenters. The van der Waals surface area contributed by atoms with E-state index in [1.54, 1.807) is 7.11 Å². The Morgan fingerprint density at radius 3 is 2.56 bits per heavy atom. The van der Waals surface area contributed by atoms with Gasteiger partial charge in [-0.25, -0.2) is 15.0 Å². The highest BCUT2D eigenvalue weighted by molar-refractivity contribution is 5.85. The Balaban J connectivity index is 0.00000353. The first-order valence-electron chi connectivity index (χ1n) is 13.6. The Kier molecular flexibility index (Phi) is 10.0. The second-order valence-corrected chi connectivity index (χ2v) is 9.88. The molecule has 0 bridgehead atoms. The van der Waals surface area contributed by atoms with Gasteiger partial charge in [0.2, 0.25) is 0 Å². The smallest absolute Gasteiger partial charge is 0.166 e. The fourth-order valence-electron chi connectivity index (χ4n) is 4.91. The molecule has 2 aromatic rings. The molecule has 0 spiro atoms. The van der Waals surface area contributed by atoms with Gasteiger partial charge in [0.05, 0.1) is 38.8 Å². The summed E-state index contributed by atoms with van der Waals surface area (Å²) in [7, 11) is 1.68. The highest BCUT2D eigenvalue weighted by atomic mass is 35.5. The maximum atomic E-state index is 6.32. The van der Waals surface area contributed by atoms with Crippen LogP contribution in [-0.2, 0) is 24.3 Å². The zero-order chi connectivity index (χ0) is 26.3. The first-order chi connectivity index (χ1) is 18.6. The molecule has 208 valence electrons. The van der Waals surface area contributed by atoms with Gasteiger partial charge in [0, 0.05) is 13.0 Å².